The van der Waals surface area contributed by atoms with Gasteiger partial charge in [0, 0.05) is 11.1 Å². The van der Waals surface area contributed by atoms with Gasteiger partial charge in [-0.25, -0.2) is 9.82 Å². The van der Waals surface area contributed by atoms with Gasteiger partial charge in [-0.15, -0.1) is 0 Å². The Balaban J connectivity index is 1.69. The van der Waals surface area contributed by atoms with E-state index < -0.39 is 5.91 Å². The molecule has 3 aromatic rings. The molecule has 0 unspecified atom stereocenters. The van der Waals surface area contributed by atoms with E-state index in [0.717, 1.165) is 0 Å². The Morgan fingerprint density at radius 2 is 1.89 bits per heavy atom. The van der Waals surface area contributed by atoms with Crippen molar-refractivity contribution in [2.75, 3.05) is 20.3 Å². The van der Waals surface area contributed by atoms with Crippen LogP contribution >= 0.6 is 15.9 Å². The van der Waals surface area contributed by atoms with E-state index in [1.807, 2.05) is 6.92 Å². The first-order chi connectivity index (χ1) is 17.5. The van der Waals surface area contributed by atoms with Crippen molar-refractivity contribution in [2.45, 2.75) is 13.5 Å². The fourth-order valence-electron chi connectivity index (χ4n) is 3.14. The van der Waals surface area contributed by atoms with Crippen LogP contribution in [0.4, 0.5) is 4.39 Å². The van der Waals surface area contributed by atoms with Gasteiger partial charge in [-0.1, -0.05) is 30.9 Å². The average Bonchev–Trinajstić information content (AvgIpc) is 2.88. The molecule has 0 atom stereocenters. The van der Waals surface area contributed by atoms with Crippen LogP contribution in [0.1, 0.15) is 28.4 Å². The Labute approximate surface area is 217 Å². The van der Waals surface area contributed by atoms with Crippen molar-refractivity contribution in [3.8, 4) is 23.0 Å². The lowest BCUT2D eigenvalue weighted by Gasteiger charge is -2.14. The van der Waals surface area contributed by atoms with E-state index >= 15 is 0 Å². The van der Waals surface area contributed by atoms with Crippen molar-refractivity contribution in [1.82, 2.24) is 5.43 Å². The molecule has 9 heteroatoms. The summed E-state index contributed by atoms with van der Waals surface area (Å²) in [5, 5.41) is 4.04. The molecule has 0 spiro atoms. The molecule has 0 bridgehead atoms. The predicted molar refractivity (Wildman–Crippen MR) is 140 cm³/mol. The van der Waals surface area contributed by atoms with Gasteiger partial charge in [0.15, 0.2) is 23.0 Å². The number of hydrogen-bond donors (Lipinski definition) is 1. The average molecular weight is 557 g/mol. The van der Waals surface area contributed by atoms with Crippen LogP contribution in [0.15, 0.2) is 76.8 Å². The van der Waals surface area contributed by atoms with E-state index in [4.69, 9.17) is 18.9 Å². The number of nitrogens with zero attached hydrogens (tertiary/aromatic N) is 1. The Morgan fingerprint density at radius 3 is 2.61 bits per heavy atom. The lowest BCUT2D eigenvalue weighted by atomic mass is 10.2. The van der Waals surface area contributed by atoms with Gasteiger partial charge in [0.05, 0.1) is 24.4 Å². The van der Waals surface area contributed by atoms with Crippen molar-refractivity contribution >= 4 is 28.1 Å². The van der Waals surface area contributed by atoms with Crippen LogP contribution in [0.5, 0.6) is 23.0 Å². The third-order valence-corrected chi connectivity index (χ3v) is 5.41. The zero-order valence-electron chi connectivity index (χ0n) is 19.9. The molecule has 0 aliphatic heterocycles. The van der Waals surface area contributed by atoms with E-state index in [-0.39, 0.29) is 12.4 Å². The topological polar surface area (TPSA) is 78.4 Å². The number of hydrogen-bond acceptors (Lipinski definition) is 6. The SMILES string of the molecule is C=CCOc1ccc(C(=O)N/N=C/c2cc(Br)c(OCc3ccccc3F)c(OC)c2)cc1OCC. The maximum Gasteiger partial charge on any atom is 0.271 e. The summed E-state index contributed by atoms with van der Waals surface area (Å²) in [5.41, 5.74) is 3.91. The number of halogens is 2. The first kappa shape index (κ1) is 26.7. The fraction of sp³-hybridized carbons (Fsp3) is 0.185. The standard InChI is InChI=1S/C27H26BrFN2O5/c1-4-12-35-23-11-10-19(15-24(23)34-5-2)27(32)31-30-16-18-13-21(28)26(25(14-18)33-3)36-17-20-8-6-7-9-22(20)29/h4,6-11,13-16H,1,5,12,17H2,2-3H3,(H,31,32)/b30-16+. The molecule has 0 radical (unpaired) electrons. The molecule has 3 aromatic carbocycles. The number of hydrazone groups is 1. The van der Waals surface area contributed by atoms with Gasteiger partial charge < -0.3 is 18.9 Å². The molecule has 0 aliphatic rings. The number of carbonyl (C=O) groups is 1. The molecular formula is C27H26BrFN2O5. The van der Waals surface area contributed by atoms with Crippen molar-refractivity contribution in [3.63, 3.8) is 0 Å². The molecule has 1 N–H and O–H groups in total. The first-order valence-corrected chi connectivity index (χ1v) is 11.8. The molecule has 0 saturated heterocycles. The second kappa shape index (κ2) is 13.3. The molecule has 0 aromatic heterocycles. The summed E-state index contributed by atoms with van der Waals surface area (Å²) < 4.78 is 36.8. The maximum atomic E-state index is 13.9. The summed E-state index contributed by atoms with van der Waals surface area (Å²) in [4.78, 5) is 12.6. The zero-order chi connectivity index (χ0) is 25.9. The third kappa shape index (κ3) is 7.08. The van der Waals surface area contributed by atoms with Gasteiger partial charge in [-0.3, -0.25) is 4.79 Å². The van der Waals surface area contributed by atoms with Gasteiger partial charge in [-0.2, -0.15) is 5.10 Å². The summed E-state index contributed by atoms with van der Waals surface area (Å²) >= 11 is 3.46. The van der Waals surface area contributed by atoms with Crippen LogP contribution in [0, 0.1) is 5.82 Å². The van der Waals surface area contributed by atoms with Crippen LogP contribution in [-0.2, 0) is 6.61 Å². The second-order valence-electron chi connectivity index (χ2n) is 7.31. The summed E-state index contributed by atoms with van der Waals surface area (Å²) in [6.07, 6.45) is 3.09. The highest BCUT2D eigenvalue weighted by atomic mass is 79.9. The molecular weight excluding hydrogens is 531 g/mol. The number of amides is 1. The van der Waals surface area contributed by atoms with Gasteiger partial charge in [0.25, 0.3) is 5.91 Å². The van der Waals surface area contributed by atoms with Crippen LogP contribution in [0.25, 0.3) is 0 Å². The molecule has 1 amide bonds. The van der Waals surface area contributed by atoms with Crippen molar-refractivity contribution < 1.29 is 28.1 Å². The minimum Gasteiger partial charge on any atom is -0.493 e. The highest BCUT2D eigenvalue weighted by molar-refractivity contribution is 9.10. The summed E-state index contributed by atoms with van der Waals surface area (Å²) in [6.45, 7) is 6.25. The molecule has 188 valence electrons. The van der Waals surface area contributed by atoms with E-state index in [9.17, 15) is 9.18 Å². The molecule has 0 aliphatic carbocycles. The summed E-state index contributed by atoms with van der Waals surface area (Å²) in [7, 11) is 1.50. The van der Waals surface area contributed by atoms with E-state index in [1.54, 1.807) is 54.6 Å². The molecule has 0 fully saturated rings. The molecule has 0 heterocycles. The zero-order valence-corrected chi connectivity index (χ0v) is 21.5. The monoisotopic (exact) mass is 556 g/mol. The molecule has 0 saturated carbocycles. The Hall–Kier alpha value is -3.85. The quantitative estimate of drug-likeness (QED) is 0.170. The fourth-order valence-corrected chi connectivity index (χ4v) is 3.71. The van der Waals surface area contributed by atoms with Crippen molar-refractivity contribution in [3.05, 3.63) is 94.2 Å². The number of benzene rings is 3. The number of rotatable bonds is 12. The van der Waals surface area contributed by atoms with E-state index in [2.05, 4.69) is 33.0 Å². The van der Waals surface area contributed by atoms with Crippen LogP contribution in [-0.4, -0.2) is 32.4 Å². The Bertz CT molecular complexity index is 1250. The third-order valence-electron chi connectivity index (χ3n) is 4.82. The molecule has 36 heavy (non-hydrogen) atoms. The molecule has 3 rings (SSSR count). The minimum atomic E-state index is -0.418. The van der Waals surface area contributed by atoms with E-state index in [0.29, 0.717) is 57.4 Å². The summed E-state index contributed by atoms with van der Waals surface area (Å²) in [5.74, 6) is 1.05. The van der Waals surface area contributed by atoms with Crippen LogP contribution < -0.4 is 24.4 Å². The van der Waals surface area contributed by atoms with Gasteiger partial charge in [0.1, 0.15) is 19.0 Å². The predicted octanol–water partition coefficient (Wildman–Crippen LogP) is 5.90. The lowest BCUT2D eigenvalue weighted by Crippen LogP contribution is -2.17. The normalized spacial score (nSPS) is 10.7. The van der Waals surface area contributed by atoms with Gasteiger partial charge in [-0.05, 0) is 64.8 Å². The van der Waals surface area contributed by atoms with Crippen LogP contribution in [0.3, 0.4) is 0 Å². The lowest BCUT2D eigenvalue weighted by molar-refractivity contribution is 0.0954. The van der Waals surface area contributed by atoms with Crippen LogP contribution in [0.2, 0.25) is 0 Å². The Kier molecular flexibility index (Phi) is 9.88. The first-order valence-electron chi connectivity index (χ1n) is 11.0. The summed E-state index contributed by atoms with van der Waals surface area (Å²) in [6, 6.07) is 14.7. The smallest absolute Gasteiger partial charge is 0.271 e. The van der Waals surface area contributed by atoms with E-state index in [1.165, 1.54) is 19.4 Å². The number of nitrogens with one attached hydrogen (secondary N) is 1. The highest BCUT2D eigenvalue weighted by Crippen LogP contribution is 2.37. The molecule has 7 nitrogen and oxygen atoms in total. The van der Waals surface area contributed by atoms with Crippen molar-refractivity contribution in [1.29, 1.82) is 0 Å². The number of ether oxygens (including phenoxy) is 4. The largest absolute Gasteiger partial charge is 0.493 e. The number of carbonyl (C=O) groups excluding carboxylic acids is 1. The maximum absolute atomic E-state index is 13.9. The highest BCUT2D eigenvalue weighted by Gasteiger charge is 2.14. The Morgan fingerprint density at radius 1 is 1.08 bits per heavy atom. The second-order valence-corrected chi connectivity index (χ2v) is 8.16. The van der Waals surface area contributed by atoms with Crippen molar-refractivity contribution in [2.24, 2.45) is 5.10 Å². The minimum absolute atomic E-state index is 0.0340. The van der Waals surface area contributed by atoms with Gasteiger partial charge in [0.2, 0.25) is 0 Å². The number of methoxy groups -OCH3 is 1. The van der Waals surface area contributed by atoms with Gasteiger partial charge >= 0.3 is 0 Å².